The Morgan fingerprint density at radius 2 is 2.00 bits per heavy atom. The van der Waals surface area contributed by atoms with Gasteiger partial charge in [0.25, 0.3) is 5.91 Å². The molecule has 1 atom stereocenters. The van der Waals surface area contributed by atoms with E-state index < -0.39 is 30.0 Å². The molecule has 1 aliphatic heterocycles. The Bertz CT molecular complexity index is 701. The fourth-order valence-corrected chi connectivity index (χ4v) is 2.98. The van der Waals surface area contributed by atoms with Crippen LogP contribution in [0, 0.1) is 6.92 Å². The number of amides is 3. The van der Waals surface area contributed by atoms with Crippen molar-refractivity contribution in [1.29, 1.82) is 0 Å². The third-order valence-electron chi connectivity index (χ3n) is 4.25. The molecule has 7 heteroatoms. The summed E-state index contributed by atoms with van der Waals surface area (Å²) in [5.41, 5.74) is 0.325. The average Bonchev–Trinajstić information content (AvgIpc) is 2.79. The average molecular weight is 348 g/mol. The molecule has 7 nitrogen and oxygen atoms in total. The van der Waals surface area contributed by atoms with Crippen LogP contribution >= 0.6 is 0 Å². The van der Waals surface area contributed by atoms with Crippen LogP contribution in [-0.4, -0.2) is 42.6 Å². The van der Waals surface area contributed by atoms with E-state index in [0.717, 1.165) is 10.5 Å². The second-order valence-corrected chi connectivity index (χ2v) is 6.30. The van der Waals surface area contributed by atoms with Gasteiger partial charge in [-0.15, -0.1) is 0 Å². The van der Waals surface area contributed by atoms with Gasteiger partial charge in [0.05, 0.1) is 13.2 Å². The smallest absolute Gasteiger partial charge is 0.326 e. The van der Waals surface area contributed by atoms with E-state index in [1.807, 2.05) is 19.9 Å². The number of imide groups is 1. The van der Waals surface area contributed by atoms with Crippen molar-refractivity contribution < 1.29 is 23.9 Å². The number of aryl methyl sites for hydroxylation is 1. The molecule has 1 heterocycles. The number of nitrogens with one attached hydrogen (secondary N) is 1. The molecule has 1 aromatic carbocycles. The summed E-state index contributed by atoms with van der Waals surface area (Å²) in [4.78, 5) is 38.1. The van der Waals surface area contributed by atoms with E-state index in [0.29, 0.717) is 17.7 Å². The molecule has 1 aliphatic rings. The van der Waals surface area contributed by atoms with Crippen LogP contribution in [0.4, 0.5) is 4.79 Å². The van der Waals surface area contributed by atoms with E-state index in [2.05, 4.69) is 5.32 Å². The fraction of sp³-hybridized carbons (Fsp3) is 0.500. The highest BCUT2D eigenvalue weighted by atomic mass is 16.5. The zero-order valence-corrected chi connectivity index (χ0v) is 15.2. The number of methoxy groups -OCH3 is 1. The third kappa shape index (κ3) is 3.45. The van der Waals surface area contributed by atoms with Crippen LogP contribution in [-0.2, 0) is 19.9 Å². The predicted octanol–water partition coefficient (Wildman–Crippen LogP) is 2.11. The molecule has 2 rings (SSSR count). The topological polar surface area (TPSA) is 84.9 Å². The number of hydrogen-bond donors (Lipinski definition) is 1. The Labute approximate surface area is 147 Å². The van der Waals surface area contributed by atoms with Gasteiger partial charge in [0.15, 0.2) is 0 Å². The Kier molecular flexibility index (Phi) is 5.35. The SMILES string of the molecule is CCC1(c2ccc(OC)c(C)c2)NC(=O)N(CC(=O)OC(C)C)C1=O. The monoisotopic (exact) mass is 348 g/mol. The van der Waals surface area contributed by atoms with E-state index in [-0.39, 0.29) is 6.10 Å². The van der Waals surface area contributed by atoms with Crippen molar-refractivity contribution in [3.05, 3.63) is 29.3 Å². The molecule has 0 saturated carbocycles. The number of urea groups is 1. The van der Waals surface area contributed by atoms with Crippen molar-refractivity contribution >= 4 is 17.9 Å². The number of hydrogen-bond acceptors (Lipinski definition) is 5. The second kappa shape index (κ2) is 7.13. The zero-order chi connectivity index (χ0) is 18.8. The lowest BCUT2D eigenvalue weighted by molar-refractivity contribution is -0.151. The molecule has 0 aliphatic carbocycles. The first-order valence-electron chi connectivity index (χ1n) is 8.23. The van der Waals surface area contributed by atoms with Gasteiger partial charge in [-0.2, -0.15) is 0 Å². The van der Waals surface area contributed by atoms with Crippen LogP contribution < -0.4 is 10.1 Å². The van der Waals surface area contributed by atoms with Crippen LogP contribution in [0.15, 0.2) is 18.2 Å². The van der Waals surface area contributed by atoms with Crippen molar-refractivity contribution in [3.8, 4) is 5.75 Å². The van der Waals surface area contributed by atoms with Crippen molar-refractivity contribution in [3.63, 3.8) is 0 Å². The van der Waals surface area contributed by atoms with Crippen molar-refractivity contribution in [2.45, 2.75) is 45.8 Å². The highest BCUT2D eigenvalue weighted by molar-refractivity contribution is 6.09. The van der Waals surface area contributed by atoms with Crippen LogP contribution in [0.5, 0.6) is 5.75 Å². The molecule has 3 amide bonds. The molecular weight excluding hydrogens is 324 g/mol. The van der Waals surface area contributed by atoms with Gasteiger partial charge >= 0.3 is 12.0 Å². The Balaban J connectivity index is 2.33. The van der Waals surface area contributed by atoms with Gasteiger partial charge < -0.3 is 14.8 Å². The predicted molar refractivity (Wildman–Crippen MR) is 91.2 cm³/mol. The highest BCUT2D eigenvalue weighted by Gasteiger charge is 2.51. The normalized spacial score (nSPS) is 20.0. The van der Waals surface area contributed by atoms with E-state index in [4.69, 9.17) is 9.47 Å². The lowest BCUT2D eigenvalue weighted by atomic mass is 9.86. The molecule has 0 spiro atoms. The van der Waals surface area contributed by atoms with Crippen molar-refractivity contribution in [2.75, 3.05) is 13.7 Å². The third-order valence-corrected chi connectivity index (χ3v) is 4.25. The Hall–Kier alpha value is -2.57. The standard InChI is InChI=1S/C18H24N2O5/c1-6-18(13-7-8-14(24-5)12(4)9-13)16(22)20(17(23)19-18)10-15(21)25-11(2)3/h7-9,11H,6,10H2,1-5H3,(H,19,23). The summed E-state index contributed by atoms with van der Waals surface area (Å²) in [5.74, 6) is -0.370. The van der Waals surface area contributed by atoms with E-state index >= 15 is 0 Å². The van der Waals surface area contributed by atoms with E-state index in [9.17, 15) is 14.4 Å². The molecule has 136 valence electrons. The summed E-state index contributed by atoms with van der Waals surface area (Å²) >= 11 is 0. The lowest BCUT2D eigenvalue weighted by Crippen LogP contribution is -2.44. The number of rotatable bonds is 6. The largest absolute Gasteiger partial charge is 0.496 e. The fourth-order valence-electron chi connectivity index (χ4n) is 2.98. The number of ether oxygens (including phenoxy) is 2. The van der Waals surface area contributed by atoms with Gasteiger partial charge in [-0.3, -0.25) is 14.5 Å². The molecule has 0 bridgehead atoms. The minimum atomic E-state index is -1.19. The first-order valence-corrected chi connectivity index (χ1v) is 8.23. The molecule has 1 unspecified atom stereocenters. The van der Waals surface area contributed by atoms with Crippen LogP contribution in [0.2, 0.25) is 0 Å². The maximum atomic E-state index is 13.0. The summed E-state index contributed by atoms with van der Waals surface area (Å²) in [6, 6.07) is 4.73. The first-order chi connectivity index (χ1) is 11.7. The first kappa shape index (κ1) is 18.8. The molecular formula is C18H24N2O5. The summed E-state index contributed by atoms with van der Waals surface area (Å²) in [7, 11) is 1.57. The van der Waals surface area contributed by atoms with Crippen molar-refractivity contribution in [1.82, 2.24) is 10.2 Å². The van der Waals surface area contributed by atoms with E-state index in [1.54, 1.807) is 33.1 Å². The van der Waals surface area contributed by atoms with Gasteiger partial charge in [0.1, 0.15) is 17.8 Å². The number of nitrogens with zero attached hydrogens (tertiary/aromatic N) is 1. The molecule has 1 saturated heterocycles. The van der Waals surface area contributed by atoms with Crippen LogP contribution in [0.25, 0.3) is 0 Å². The Morgan fingerprint density at radius 1 is 1.32 bits per heavy atom. The number of esters is 1. The summed E-state index contributed by atoms with van der Waals surface area (Å²) < 4.78 is 10.3. The number of benzene rings is 1. The van der Waals surface area contributed by atoms with E-state index in [1.165, 1.54) is 0 Å². The number of carbonyl (C=O) groups excluding carboxylic acids is 3. The van der Waals surface area contributed by atoms with Gasteiger partial charge in [0.2, 0.25) is 0 Å². The van der Waals surface area contributed by atoms with Crippen LogP contribution in [0.1, 0.15) is 38.3 Å². The maximum absolute atomic E-state index is 13.0. The molecule has 1 N–H and O–H groups in total. The lowest BCUT2D eigenvalue weighted by Gasteiger charge is -2.26. The van der Waals surface area contributed by atoms with Gasteiger partial charge in [-0.05, 0) is 50.5 Å². The van der Waals surface area contributed by atoms with Gasteiger partial charge in [-0.25, -0.2) is 4.79 Å². The second-order valence-electron chi connectivity index (χ2n) is 6.30. The zero-order valence-electron chi connectivity index (χ0n) is 15.2. The minimum Gasteiger partial charge on any atom is -0.496 e. The highest BCUT2D eigenvalue weighted by Crippen LogP contribution is 2.34. The summed E-state index contributed by atoms with van der Waals surface area (Å²) in [6.07, 6.45) is 0.0486. The molecule has 25 heavy (non-hydrogen) atoms. The molecule has 1 fully saturated rings. The summed E-state index contributed by atoms with van der Waals surface area (Å²) in [6.45, 7) is 6.69. The van der Waals surface area contributed by atoms with Gasteiger partial charge in [0, 0.05) is 0 Å². The quantitative estimate of drug-likeness (QED) is 0.629. The summed E-state index contributed by atoms with van der Waals surface area (Å²) in [5, 5.41) is 2.75. The molecule has 1 aromatic rings. The van der Waals surface area contributed by atoms with Crippen molar-refractivity contribution in [2.24, 2.45) is 0 Å². The number of carbonyl (C=O) groups is 3. The van der Waals surface area contributed by atoms with Gasteiger partial charge in [-0.1, -0.05) is 13.0 Å². The molecule has 0 radical (unpaired) electrons. The minimum absolute atomic E-state index is 0.312. The molecule has 0 aromatic heterocycles. The Morgan fingerprint density at radius 3 is 2.52 bits per heavy atom. The van der Waals surface area contributed by atoms with Crippen LogP contribution in [0.3, 0.4) is 0 Å². The maximum Gasteiger partial charge on any atom is 0.326 e.